The molecule has 2 aliphatic heterocycles. The number of benzene rings is 4. The second kappa shape index (κ2) is 13.3. The van der Waals surface area contributed by atoms with Gasteiger partial charge < -0.3 is 19.7 Å². The lowest BCUT2D eigenvalue weighted by Crippen LogP contribution is -2.50. The second-order valence-electron chi connectivity index (χ2n) is 11.3. The number of nitrogens with zero attached hydrogens (tertiary/aromatic N) is 1. The number of carbonyl (C=O) groups is 3. The van der Waals surface area contributed by atoms with Crippen molar-refractivity contribution in [2.24, 2.45) is 5.92 Å². The Morgan fingerprint density at radius 2 is 1.45 bits per heavy atom. The molecule has 224 valence electrons. The normalized spacial score (nSPS) is 22.8. The number of ketones is 1. The number of hydrogen-bond acceptors (Lipinski definition) is 5. The summed E-state index contributed by atoms with van der Waals surface area (Å²) in [6.07, 6.45) is 1.73. The smallest absolute Gasteiger partial charge is 0.255 e. The van der Waals surface area contributed by atoms with E-state index in [1.165, 1.54) is 0 Å². The van der Waals surface area contributed by atoms with Gasteiger partial charge in [0.1, 0.15) is 11.8 Å². The fourth-order valence-electron chi connectivity index (χ4n) is 6.67. The maximum atomic E-state index is 14.7. The Bertz CT molecular complexity index is 1590. The molecule has 6 rings (SSSR count). The van der Waals surface area contributed by atoms with E-state index >= 15 is 0 Å². The van der Waals surface area contributed by atoms with Crippen molar-refractivity contribution in [1.29, 1.82) is 0 Å². The first kappa shape index (κ1) is 29.3. The minimum atomic E-state index is -0.972. The summed E-state index contributed by atoms with van der Waals surface area (Å²) < 4.78 is 11.2. The molecule has 2 fully saturated rings. The van der Waals surface area contributed by atoms with Crippen LogP contribution < -0.4 is 10.1 Å². The number of rotatable bonds is 9. The third-order valence-electron chi connectivity index (χ3n) is 8.70. The van der Waals surface area contributed by atoms with Crippen LogP contribution in [0.2, 0.25) is 0 Å². The van der Waals surface area contributed by atoms with E-state index in [1.54, 1.807) is 48.4 Å². The zero-order valence-corrected chi connectivity index (χ0v) is 24.7. The molecular weight excluding hydrogens is 552 g/mol. The molecule has 2 aliphatic rings. The summed E-state index contributed by atoms with van der Waals surface area (Å²) in [4.78, 5) is 45.4. The lowest BCUT2D eigenvalue weighted by molar-refractivity contribution is -0.126. The quantitative estimate of drug-likeness (QED) is 0.249. The number of nitrogens with one attached hydrogen (secondary N) is 1. The van der Waals surface area contributed by atoms with E-state index in [9.17, 15) is 14.4 Å². The van der Waals surface area contributed by atoms with Crippen molar-refractivity contribution < 1.29 is 23.9 Å². The van der Waals surface area contributed by atoms with Crippen LogP contribution in [0.3, 0.4) is 0 Å². The third kappa shape index (κ3) is 5.88. The maximum Gasteiger partial charge on any atom is 0.255 e. The summed E-state index contributed by atoms with van der Waals surface area (Å²) in [6, 6.07) is 33.5. The van der Waals surface area contributed by atoms with Crippen molar-refractivity contribution in [3.63, 3.8) is 0 Å². The number of carbonyl (C=O) groups excluding carboxylic acids is 3. The first-order valence-electron chi connectivity index (χ1n) is 15.1. The molecule has 0 bridgehead atoms. The molecule has 0 radical (unpaired) electrons. The van der Waals surface area contributed by atoms with Crippen molar-refractivity contribution in [3.8, 4) is 5.75 Å². The first-order chi connectivity index (χ1) is 21.6. The monoisotopic (exact) mass is 588 g/mol. The van der Waals surface area contributed by atoms with Crippen molar-refractivity contribution in [3.05, 3.63) is 138 Å². The highest BCUT2D eigenvalue weighted by Crippen LogP contribution is 2.51. The predicted molar refractivity (Wildman–Crippen MR) is 168 cm³/mol. The Labute approximate surface area is 257 Å². The van der Waals surface area contributed by atoms with Crippen LogP contribution >= 0.6 is 0 Å². The van der Waals surface area contributed by atoms with Gasteiger partial charge in [0, 0.05) is 30.2 Å². The Kier molecular flexibility index (Phi) is 8.84. The van der Waals surface area contributed by atoms with Crippen LogP contribution in [-0.4, -0.2) is 54.9 Å². The summed E-state index contributed by atoms with van der Waals surface area (Å²) in [5.74, 6) is -1.61. The van der Waals surface area contributed by atoms with Gasteiger partial charge in [0.15, 0.2) is 5.78 Å². The fraction of sp³-hybridized carbons (Fsp3) is 0.270. The van der Waals surface area contributed by atoms with Crippen LogP contribution in [0.15, 0.2) is 115 Å². The van der Waals surface area contributed by atoms with Gasteiger partial charge in [-0.2, -0.15) is 0 Å². The van der Waals surface area contributed by atoms with Crippen molar-refractivity contribution in [1.82, 2.24) is 10.2 Å². The van der Waals surface area contributed by atoms with Gasteiger partial charge in [0.25, 0.3) is 5.91 Å². The predicted octanol–water partition coefficient (Wildman–Crippen LogP) is 5.84. The molecule has 4 aromatic carbocycles. The maximum absolute atomic E-state index is 14.7. The highest BCUT2D eigenvalue weighted by atomic mass is 16.5. The molecule has 1 N–H and O–H groups in total. The van der Waals surface area contributed by atoms with E-state index < -0.39 is 23.9 Å². The fourth-order valence-corrected chi connectivity index (χ4v) is 6.67. The molecule has 7 nitrogen and oxygen atoms in total. The number of hydrogen-bond donors (Lipinski definition) is 1. The van der Waals surface area contributed by atoms with E-state index in [1.807, 2.05) is 78.9 Å². The van der Waals surface area contributed by atoms with Gasteiger partial charge in [-0.25, -0.2) is 0 Å². The minimum absolute atomic E-state index is 0.0790. The van der Waals surface area contributed by atoms with Gasteiger partial charge in [0.05, 0.1) is 25.2 Å². The Balaban J connectivity index is 1.54. The van der Waals surface area contributed by atoms with Gasteiger partial charge in [0.2, 0.25) is 5.91 Å². The van der Waals surface area contributed by atoms with Gasteiger partial charge in [-0.15, -0.1) is 0 Å². The third-order valence-corrected chi connectivity index (χ3v) is 8.70. The second-order valence-corrected chi connectivity index (χ2v) is 11.3. The number of ether oxygens (including phenoxy) is 2. The number of likely N-dealkylation sites (tertiary alicyclic amines) is 1. The summed E-state index contributed by atoms with van der Waals surface area (Å²) in [7, 11) is 1.55. The highest BCUT2D eigenvalue weighted by Gasteiger charge is 2.57. The molecule has 0 spiro atoms. The molecule has 5 unspecified atom stereocenters. The molecule has 44 heavy (non-hydrogen) atoms. The average Bonchev–Trinajstić information content (AvgIpc) is 3.74. The van der Waals surface area contributed by atoms with Gasteiger partial charge >= 0.3 is 0 Å². The zero-order chi connectivity index (χ0) is 30.5. The number of Topliss-reactive ketones (excluding diaryl/α,β-unsaturated/α-hetero) is 1. The van der Waals surface area contributed by atoms with E-state index in [4.69, 9.17) is 9.47 Å². The van der Waals surface area contributed by atoms with Gasteiger partial charge in [-0.3, -0.25) is 14.4 Å². The zero-order valence-electron chi connectivity index (χ0n) is 24.7. The van der Waals surface area contributed by atoms with E-state index in [-0.39, 0.29) is 23.7 Å². The molecule has 0 aliphatic carbocycles. The molecule has 0 aromatic heterocycles. The Morgan fingerprint density at radius 3 is 2.09 bits per heavy atom. The molecule has 2 saturated heterocycles. The van der Waals surface area contributed by atoms with E-state index in [0.717, 1.165) is 24.0 Å². The van der Waals surface area contributed by atoms with Crippen LogP contribution in [0.5, 0.6) is 5.75 Å². The van der Waals surface area contributed by atoms with E-state index in [2.05, 4.69) is 5.32 Å². The van der Waals surface area contributed by atoms with Crippen LogP contribution in [0.25, 0.3) is 0 Å². The topological polar surface area (TPSA) is 84.9 Å². The number of amides is 2. The average molecular weight is 589 g/mol. The Hall–Kier alpha value is -4.75. The highest BCUT2D eigenvalue weighted by molar-refractivity contribution is 6.04. The van der Waals surface area contributed by atoms with E-state index in [0.29, 0.717) is 30.0 Å². The van der Waals surface area contributed by atoms with Crippen LogP contribution in [0.4, 0.5) is 0 Å². The molecule has 4 aromatic rings. The molecular formula is C37H36N2O5. The molecule has 5 atom stereocenters. The van der Waals surface area contributed by atoms with Crippen LogP contribution in [0.1, 0.15) is 56.6 Å². The lowest BCUT2D eigenvalue weighted by Gasteiger charge is -2.32. The molecule has 2 amide bonds. The van der Waals surface area contributed by atoms with Gasteiger partial charge in [-0.1, -0.05) is 97.1 Å². The SMILES string of the molecule is COc1cccc(C(=O)N2C(C(=O)NCC3CCCO3)C(c3ccccc3)C(C(=O)c3ccccc3)C2c2ccccc2)c1. The molecule has 7 heteroatoms. The first-order valence-corrected chi connectivity index (χ1v) is 15.1. The van der Waals surface area contributed by atoms with Crippen molar-refractivity contribution in [2.45, 2.75) is 36.9 Å². The molecule has 0 saturated carbocycles. The summed E-state index contributed by atoms with van der Waals surface area (Å²) in [6.45, 7) is 1.01. The minimum Gasteiger partial charge on any atom is -0.497 e. The summed E-state index contributed by atoms with van der Waals surface area (Å²) >= 11 is 0. The van der Waals surface area contributed by atoms with Crippen molar-refractivity contribution in [2.75, 3.05) is 20.3 Å². The number of methoxy groups -OCH3 is 1. The van der Waals surface area contributed by atoms with Crippen molar-refractivity contribution >= 4 is 17.6 Å². The van der Waals surface area contributed by atoms with Gasteiger partial charge in [-0.05, 0) is 42.2 Å². The summed E-state index contributed by atoms with van der Waals surface area (Å²) in [5.41, 5.74) is 2.52. The largest absolute Gasteiger partial charge is 0.497 e. The summed E-state index contributed by atoms with van der Waals surface area (Å²) in [5, 5.41) is 3.10. The van der Waals surface area contributed by atoms with Crippen LogP contribution in [0, 0.1) is 5.92 Å². The lowest BCUT2D eigenvalue weighted by atomic mass is 9.76. The molecule has 2 heterocycles. The standard InChI is InChI=1S/C37H36N2O5/c1-43-29-20-11-19-28(23-29)37(42)39-33(26-15-7-3-8-16-26)32(35(40)27-17-9-4-10-18-27)31(25-13-5-2-6-14-25)34(39)36(41)38-24-30-21-12-22-44-30/h2-11,13-20,23,30-34H,12,21-22,24H2,1H3,(H,38,41). The van der Waals surface area contributed by atoms with Crippen LogP contribution in [-0.2, 0) is 9.53 Å². The Morgan fingerprint density at radius 1 is 0.818 bits per heavy atom.